The summed E-state index contributed by atoms with van der Waals surface area (Å²) in [7, 11) is 1.81. The molecule has 1 saturated carbocycles. The largest absolute Gasteiger partial charge is 0.454 e. The smallest absolute Gasteiger partial charge is 0.233 e. The Morgan fingerprint density at radius 3 is 2.65 bits per heavy atom. The second kappa shape index (κ2) is 6.63. The number of carbonyl (C=O) groups excluding carboxylic acids is 1. The van der Waals surface area contributed by atoms with Crippen molar-refractivity contribution < 1.29 is 18.7 Å². The van der Waals surface area contributed by atoms with E-state index < -0.39 is 5.41 Å². The van der Waals surface area contributed by atoms with Gasteiger partial charge in [-0.2, -0.15) is 0 Å². The third-order valence-electron chi connectivity index (χ3n) is 5.45. The van der Waals surface area contributed by atoms with E-state index in [1.54, 1.807) is 11.0 Å². The van der Waals surface area contributed by atoms with Crippen LogP contribution in [0.25, 0.3) is 0 Å². The van der Waals surface area contributed by atoms with Gasteiger partial charge in [0.1, 0.15) is 5.82 Å². The van der Waals surface area contributed by atoms with Gasteiger partial charge in [-0.3, -0.25) is 4.79 Å². The number of ether oxygens (including phenoxy) is 2. The summed E-state index contributed by atoms with van der Waals surface area (Å²) in [5.74, 6) is 1.21. The van der Waals surface area contributed by atoms with Crippen LogP contribution < -0.4 is 9.47 Å². The predicted octanol–water partition coefficient (Wildman–Crippen LogP) is 4.02. The van der Waals surface area contributed by atoms with Gasteiger partial charge < -0.3 is 14.4 Å². The fourth-order valence-electron chi connectivity index (χ4n) is 4.14. The molecule has 4 nitrogen and oxygen atoms in total. The number of rotatable bonds is 4. The van der Waals surface area contributed by atoms with E-state index in [2.05, 4.69) is 0 Å². The van der Waals surface area contributed by atoms with Crippen LogP contribution in [0.3, 0.4) is 0 Å². The van der Waals surface area contributed by atoms with Crippen LogP contribution in [0.5, 0.6) is 11.5 Å². The summed E-state index contributed by atoms with van der Waals surface area (Å²) in [6.45, 7) is 0.711. The Morgan fingerprint density at radius 2 is 1.88 bits per heavy atom. The second-order valence-corrected chi connectivity index (χ2v) is 7.15. The van der Waals surface area contributed by atoms with Gasteiger partial charge in [0, 0.05) is 13.6 Å². The minimum atomic E-state index is -0.618. The van der Waals surface area contributed by atoms with E-state index >= 15 is 0 Å². The molecule has 1 fully saturated rings. The molecule has 26 heavy (non-hydrogen) atoms. The van der Waals surface area contributed by atoms with Crippen molar-refractivity contribution in [1.29, 1.82) is 0 Å². The Kier molecular flexibility index (Phi) is 4.31. The molecule has 0 radical (unpaired) electrons. The molecule has 136 valence electrons. The lowest BCUT2D eigenvalue weighted by atomic mass is 9.77. The number of benzene rings is 2. The van der Waals surface area contributed by atoms with Gasteiger partial charge >= 0.3 is 0 Å². The SMILES string of the molecule is CN(Cc1ccc2c(c1)OCO2)C(=O)C1(c2cccc(F)c2)CCCC1. The van der Waals surface area contributed by atoms with Gasteiger partial charge in [-0.25, -0.2) is 4.39 Å². The highest BCUT2D eigenvalue weighted by Crippen LogP contribution is 2.43. The summed E-state index contributed by atoms with van der Waals surface area (Å²) >= 11 is 0. The van der Waals surface area contributed by atoms with Crippen LogP contribution >= 0.6 is 0 Å². The van der Waals surface area contributed by atoms with E-state index in [0.29, 0.717) is 12.3 Å². The number of halogens is 1. The van der Waals surface area contributed by atoms with Gasteiger partial charge in [0.05, 0.1) is 5.41 Å². The van der Waals surface area contributed by atoms with Crippen molar-refractivity contribution in [1.82, 2.24) is 4.90 Å². The zero-order valence-corrected chi connectivity index (χ0v) is 14.8. The number of fused-ring (bicyclic) bond motifs is 1. The van der Waals surface area contributed by atoms with E-state index in [1.807, 2.05) is 31.3 Å². The monoisotopic (exact) mass is 355 g/mol. The highest BCUT2D eigenvalue weighted by atomic mass is 19.1. The lowest BCUT2D eigenvalue weighted by Gasteiger charge is -2.33. The van der Waals surface area contributed by atoms with Crippen molar-refractivity contribution in [2.45, 2.75) is 37.6 Å². The summed E-state index contributed by atoms with van der Waals surface area (Å²) in [4.78, 5) is 15.1. The van der Waals surface area contributed by atoms with Crippen LogP contribution in [0, 0.1) is 5.82 Å². The molecule has 4 rings (SSSR count). The van der Waals surface area contributed by atoms with Gasteiger partial charge in [-0.05, 0) is 48.2 Å². The highest BCUT2D eigenvalue weighted by molar-refractivity contribution is 5.88. The second-order valence-electron chi connectivity index (χ2n) is 7.15. The molecule has 0 aromatic heterocycles. The van der Waals surface area contributed by atoms with Gasteiger partial charge in [0.25, 0.3) is 0 Å². The summed E-state index contributed by atoms with van der Waals surface area (Å²) in [6.07, 6.45) is 3.50. The Labute approximate surface area is 152 Å². The molecule has 0 bridgehead atoms. The molecule has 0 saturated heterocycles. The normalized spacial score (nSPS) is 17.3. The first-order valence-electron chi connectivity index (χ1n) is 8.99. The standard InChI is InChI=1S/C21H22FNO3/c1-23(13-15-7-8-18-19(11-15)26-14-25-18)20(24)21(9-2-3-10-21)16-5-4-6-17(22)12-16/h4-8,11-12H,2-3,9-10,13-14H2,1H3. The average Bonchev–Trinajstić information content (AvgIpc) is 3.30. The Morgan fingerprint density at radius 1 is 1.12 bits per heavy atom. The molecule has 2 aromatic carbocycles. The zero-order chi connectivity index (χ0) is 18.1. The third-order valence-corrected chi connectivity index (χ3v) is 5.45. The van der Waals surface area contributed by atoms with E-state index in [1.165, 1.54) is 12.1 Å². The maximum Gasteiger partial charge on any atom is 0.233 e. The average molecular weight is 355 g/mol. The fraction of sp³-hybridized carbons (Fsp3) is 0.381. The van der Waals surface area contributed by atoms with Crippen molar-refractivity contribution in [3.8, 4) is 11.5 Å². The third kappa shape index (κ3) is 2.91. The molecular weight excluding hydrogens is 333 g/mol. The summed E-state index contributed by atoms with van der Waals surface area (Å²) in [5, 5.41) is 0. The number of carbonyl (C=O) groups is 1. The zero-order valence-electron chi connectivity index (χ0n) is 14.8. The molecule has 2 aromatic rings. The van der Waals surface area contributed by atoms with E-state index in [0.717, 1.165) is 42.6 Å². The lowest BCUT2D eigenvalue weighted by molar-refractivity contribution is -0.136. The summed E-state index contributed by atoms with van der Waals surface area (Å²) in [6, 6.07) is 12.2. The van der Waals surface area contributed by atoms with Crippen molar-refractivity contribution in [3.63, 3.8) is 0 Å². The van der Waals surface area contributed by atoms with Crippen LogP contribution in [0.2, 0.25) is 0 Å². The molecule has 0 unspecified atom stereocenters. The first-order chi connectivity index (χ1) is 12.6. The van der Waals surface area contributed by atoms with Gasteiger partial charge in [-0.1, -0.05) is 31.0 Å². The maximum atomic E-state index is 13.8. The number of likely N-dealkylation sites (N-methyl/N-ethyl adjacent to an activating group) is 1. The van der Waals surface area contributed by atoms with Crippen LogP contribution in [0.4, 0.5) is 4.39 Å². The van der Waals surface area contributed by atoms with Crippen molar-refractivity contribution >= 4 is 5.91 Å². The fourth-order valence-corrected chi connectivity index (χ4v) is 4.14. The Bertz CT molecular complexity index is 830. The molecule has 2 aliphatic rings. The van der Waals surface area contributed by atoms with E-state index in [4.69, 9.17) is 9.47 Å². The first-order valence-corrected chi connectivity index (χ1v) is 8.99. The maximum absolute atomic E-state index is 13.8. The van der Waals surface area contributed by atoms with Crippen LogP contribution in [-0.4, -0.2) is 24.6 Å². The highest BCUT2D eigenvalue weighted by Gasteiger charge is 2.44. The topological polar surface area (TPSA) is 38.8 Å². The quantitative estimate of drug-likeness (QED) is 0.831. The number of hydrogen-bond acceptors (Lipinski definition) is 3. The lowest BCUT2D eigenvalue weighted by Crippen LogP contribution is -2.43. The summed E-state index contributed by atoms with van der Waals surface area (Å²) < 4.78 is 24.5. The molecule has 0 atom stereocenters. The van der Waals surface area contributed by atoms with Crippen LogP contribution in [0.15, 0.2) is 42.5 Å². The molecule has 0 N–H and O–H groups in total. The van der Waals surface area contributed by atoms with Gasteiger partial charge in [0.2, 0.25) is 12.7 Å². The number of hydrogen-bond donors (Lipinski definition) is 0. The molecule has 1 heterocycles. The minimum Gasteiger partial charge on any atom is -0.454 e. The first kappa shape index (κ1) is 16.9. The van der Waals surface area contributed by atoms with Gasteiger partial charge in [-0.15, -0.1) is 0 Å². The number of amides is 1. The van der Waals surface area contributed by atoms with Crippen LogP contribution in [-0.2, 0) is 16.8 Å². The minimum absolute atomic E-state index is 0.0540. The predicted molar refractivity (Wildman–Crippen MR) is 95.6 cm³/mol. The van der Waals surface area contributed by atoms with Crippen molar-refractivity contribution in [3.05, 3.63) is 59.4 Å². The van der Waals surface area contributed by atoms with Crippen molar-refractivity contribution in [2.24, 2.45) is 0 Å². The molecule has 1 aliphatic carbocycles. The van der Waals surface area contributed by atoms with Crippen LogP contribution in [0.1, 0.15) is 36.8 Å². The van der Waals surface area contributed by atoms with E-state index in [-0.39, 0.29) is 18.5 Å². The van der Waals surface area contributed by atoms with E-state index in [9.17, 15) is 9.18 Å². The molecule has 1 amide bonds. The Hall–Kier alpha value is -2.56. The Balaban J connectivity index is 1.58. The van der Waals surface area contributed by atoms with Gasteiger partial charge in [0.15, 0.2) is 11.5 Å². The van der Waals surface area contributed by atoms with Crippen molar-refractivity contribution in [2.75, 3.05) is 13.8 Å². The molecular formula is C21H22FNO3. The molecule has 1 aliphatic heterocycles. The summed E-state index contributed by atoms with van der Waals surface area (Å²) in [5.41, 5.74) is 1.16. The molecule has 5 heteroatoms. The number of nitrogens with zero attached hydrogens (tertiary/aromatic N) is 1. The molecule has 0 spiro atoms.